The average Bonchev–Trinajstić information content (AvgIpc) is 2.16. The molecule has 76 valence electrons. The van der Waals surface area contributed by atoms with E-state index in [1.807, 2.05) is 31.2 Å². The number of hydrogen-bond acceptors (Lipinski definition) is 2. The van der Waals surface area contributed by atoms with Crippen molar-refractivity contribution in [2.45, 2.75) is 25.8 Å². The summed E-state index contributed by atoms with van der Waals surface area (Å²) in [6, 6.07) is 7.65. The molecule has 0 spiro atoms. The van der Waals surface area contributed by atoms with Gasteiger partial charge in [0, 0.05) is 0 Å². The normalized spacial score (nSPS) is 12.4. The first-order valence-corrected chi connectivity index (χ1v) is 4.70. The number of aryl methyl sites for hydroxylation is 2. The van der Waals surface area contributed by atoms with Crippen LogP contribution in [0.3, 0.4) is 0 Å². The van der Waals surface area contributed by atoms with Gasteiger partial charge in [0.1, 0.15) is 0 Å². The van der Waals surface area contributed by atoms with Crippen LogP contribution < -0.4 is 11.5 Å². The van der Waals surface area contributed by atoms with Gasteiger partial charge >= 0.3 is 0 Å². The Hall–Kier alpha value is -1.35. The molecule has 1 aromatic carbocycles. The van der Waals surface area contributed by atoms with Crippen LogP contribution in [0.1, 0.15) is 17.5 Å². The lowest BCUT2D eigenvalue weighted by molar-refractivity contribution is -0.119. The molecule has 0 saturated heterocycles. The fourth-order valence-electron chi connectivity index (χ4n) is 1.22. The summed E-state index contributed by atoms with van der Waals surface area (Å²) in [5.74, 6) is -0.433. The van der Waals surface area contributed by atoms with Crippen LogP contribution in [0.15, 0.2) is 24.3 Å². The summed E-state index contributed by atoms with van der Waals surface area (Å²) in [6.07, 6.45) is 1.41. The Bertz CT molecular complexity index is 306. The van der Waals surface area contributed by atoms with Crippen LogP contribution in [-0.4, -0.2) is 11.9 Å². The van der Waals surface area contributed by atoms with E-state index in [0.29, 0.717) is 6.42 Å². The lowest BCUT2D eigenvalue weighted by atomic mass is 10.0. The lowest BCUT2D eigenvalue weighted by Crippen LogP contribution is -2.36. The summed E-state index contributed by atoms with van der Waals surface area (Å²) in [4.78, 5) is 10.7. The van der Waals surface area contributed by atoms with Crippen LogP contribution in [0.2, 0.25) is 0 Å². The molecule has 0 aliphatic rings. The molecule has 0 aliphatic carbocycles. The third-order valence-corrected chi connectivity index (χ3v) is 2.23. The van der Waals surface area contributed by atoms with Gasteiger partial charge in [0.2, 0.25) is 5.91 Å². The SMILES string of the molecule is Cc1ccc(CCC(N)C(N)=O)cc1. The van der Waals surface area contributed by atoms with E-state index in [2.05, 4.69) is 0 Å². The van der Waals surface area contributed by atoms with Gasteiger partial charge in [-0.3, -0.25) is 4.79 Å². The van der Waals surface area contributed by atoms with Gasteiger partial charge in [0.15, 0.2) is 0 Å². The van der Waals surface area contributed by atoms with Crippen molar-refractivity contribution in [3.8, 4) is 0 Å². The molecule has 0 fully saturated rings. The second-order valence-electron chi connectivity index (χ2n) is 3.53. The van der Waals surface area contributed by atoms with Crippen molar-refractivity contribution in [2.24, 2.45) is 11.5 Å². The number of hydrogen-bond donors (Lipinski definition) is 2. The van der Waals surface area contributed by atoms with E-state index in [-0.39, 0.29) is 0 Å². The predicted molar refractivity (Wildman–Crippen MR) is 56.7 cm³/mol. The molecule has 0 aromatic heterocycles. The third-order valence-electron chi connectivity index (χ3n) is 2.23. The monoisotopic (exact) mass is 192 g/mol. The average molecular weight is 192 g/mol. The quantitative estimate of drug-likeness (QED) is 0.738. The van der Waals surface area contributed by atoms with Gasteiger partial charge in [0.25, 0.3) is 0 Å². The first-order chi connectivity index (χ1) is 6.59. The molecule has 3 heteroatoms. The van der Waals surface area contributed by atoms with E-state index in [4.69, 9.17) is 11.5 Å². The van der Waals surface area contributed by atoms with Gasteiger partial charge in [-0.05, 0) is 25.3 Å². The number of benzene rings is 1. The smallest absolute Gasteiger partial charge is 0.234 e. The highest BCUT2D eigenvalue weighted by Gasteiger charge is 2.08. The summed E-state index contributed by atoms with van der Waals surface area (Å²) in [7, 11) is 0. The summed E-state index contributed by atoms with van der Waals surface area (Å²) < 4.78 is 0. The van der Waals surface area contributed by atoms with Crippen molar-refractivity contribution in [3.63, 3.8) is 0 Å². The molecule has 4 N–H and O–H groups in total. The van der Waals surface area contributed by atoms with Gasteiger partial charge in [-0.25, -0.2) is 0 Å². The molecule has 0 radical (unpaired) electrons. The largest absolute Gasteiger partial charge is 0.368 e. The van der Waals surface area contributed by atoms with Crippen molar-refractivity contribution < 1.29 is 4.79 Å². The molecule has 0 aliphatic heterocycles. The third kappa shape index (κ3) is 3.18. The minimum absolute atomic E-state index is 0.433. The van der Waals surface area contributed by atoms with Crippen LogP contribution in [-0.2, 0) is 11.2 Å². The number of primary amides is 1. The Morgan fingerprint density at radius 1 is 1.36 bits per heavy atom. The first-order valence-electron chi connectivity index (χ1n) is 4.70. The zero-order valence-electron chi connectivity index (χ0n) is 8.36. The minimum atomic E-state index is -0.531. The second-order valence-corrected chi connectivity index (χ2v) is 3.53. The standard InChI is InChI=1S/C11H16N2O/c1-8-2-4-9(5-3-8)6-7-10(12)11(13)14/h2-5,10H,6-7,12H2,1H3,(H2,13,14). The molecular formula is C11H16N2O. The van der Waals surface area contributed by atoms with Crippen LogP contribution >= 0.6 is 0 Å². The second kappa shape index (κ2) is 4.77. The number of rotatable bonds is 4. The fourth-order valence-corrected chi connectivity index (χ4v) is 1.22. The number of carbonyl (C=O) groups is 1. The summed E-state index contributed by atoms with van der Waals surface area (Å²) >= 11 is 0. The van der Waals surface area contributed by atoms with Crippen molar-refractivity contribution in [3.05, 3.63) is 35.4 Å². The molecular weight excluding hydrogens is 176 g/mol. The van der Waals surface area contributed by atoms with Crippen molar-refractivity contribution in [1.29, 1.82) is 0 Å². The van der Waals surface area contributed by atoms with Crippen LogP contribution in [0, 0.1) is 6.92 Å². The zero-order chi connectivity index (χ0) is 10.6. The van der Waals surface area contributed by atoms with Crippen LogP contribution in [0.25, 0.3) is 0 Å². The Morgan fingerprint density at radius 2 is 1.93 bits per heavy atom. The maximum Gasteiger partial charge on any atom is 0.234 e. The molecule has 14 heavy (non-hydrogen) atoms. The molecule has 1 rings (SSSR count). The zero-order valence-corrected chi connectivity index (χ0v) is 8.36. The maximum atomic E-state index is 10.7. The summed E-state index contributed by atoms with van der Waals surface area (Å²) in [5, 5.41) is 0. The maximum absolute atomic E-state index is 10.7. The van der Waals surface area contributed by atoms with Crippen molar-refractivity contribution >= 4 is 5.91 Å². The Kier molecular flexibility index (Phi) is 3.65. The van der Waals surface area contributed by atoms with E-state index >= 15 is 0 Å². The van der Waals surface area contributed by atoms with E-state index < -0.39 is 11.9 Å². The molecule has 3 nitrogen and oxygen atoms in total. The highest BCUT2D eigenvalue weighted by atomic mass is 16.1. The highest BCUT2D eigenvalue weighted by molar-refractivity contribution is 5.79. The fraction of sp³-hybridized carbons (Fsp3) is 0.364. The molecule has 1 aromatic rings. The van der Waals surface area contributed by atoms with Crippen molar-refractivity contribution in [1.82, 2.24) is 0 Å². The summed E-state index contributed by atoms with van der Waals surface area (Å²) in [6.45, 7) is 2.04. The van der Waals surface area contributed by atoms with E-state index in [1.54, 1.807) is 0 Å². The molecule has 1 atom stereocenters. The Labute approximate surface area is 84.1 Å². The van der Waals surface area contributed by atoms with Crippen LogP contribution in [0.4, 0.5) is 0 Å². The van der Waals surface area contributed by atoms with Gasteiger partial charge < -0.3 is 11.5 Å². The Morgan fingerprint density at radius 3 is 2.43 bits per heavy atom. The molecule has 1 amide bonds. The topological polar surface area (TPSA) is 69.1 Å². The van der Waals surface area contributed by atoms with Gasteiger partial charge in [0.05, 0.1) is 6.04 Å². The predicted octanol–water partition coefficient (Wildman–Crippen LogP) is 0.740. The minimum Gasteiger partial charge on any atom is -0.368 e. The van der Waals surface area contributed by atoms with Gasteiger partial charge in [-0.1, -0.05) is 29.8 Å². The number of amides is 1. The molecule has 1 unspecified atom stereocenters. The lowest BCUT2D eigenvalue weighted by Gasteiger charge is -2.06. The van der Waals surface area contributed by atoms with Gasteiger partial charge in [-0.2, -0.15) is 0 Å². The van der Waals surface area contributed by atoms with E-state index in [9.17, 15) is 4.79 Å². The first kappa shape index (κ1) is 10.7. The number of nitrogens with two attached hydrogens (primary N) is 2. The van der Waals surface area contributed by atoms with Crippen LogP contribution in [0.5, 0.6) is 0 Å². The summed E-state index contributed by atoms with van der Waals surface area (Å²) in [5.41, 5.74) is 13.0. The molecule has 0 bridgehead atoms. The highest BCUT2D eigenvalue weighted by Crippen LogP contribution is 2.06. The van der Waals surface area contributed by atoms with Gasteiger partial charge in [-0.15, -0.1) is 0 Å². The number of carbonyl (C=O) groups excluding carboxylic acids is 1. The Balaban J connectivity index is 2.46. The molecule has 0 saturated carbocycles. The molecule has 0 heterocycles. The van der Waals surface area contributed by atoms with E-state index in [1.165, 1.54) is 11.1 Å². The van der Waals surface area contributed by atoms with E-state index in [0.717, 1.165) is 6.42 Å². The van der Waals surface area contributed by atoms with Crippen molar-refractivity contribution in [2.75, 3.05) is 0 Å².